The third-order valence-electron chi connectivity index (χ3n) is 6.54. The number of halogens is 2. The largest absolute Gasteiger partial charge is 0.467 e. The fourth-order valence-corrected chi connectivity index (χ4v) is 5.39. The maximum atomic E-state index is 13.9. The number of methoxy groups -OCH3 is 1. The zero-order chi connectivity index (χ0) is 27.9. The van der Waals surface area contributed by atoms with Gasteiger partial charge in [0.2, 0.25) is 11.8 Å². The molecule has 0 spiro atoms. The van der Waals surface area contributed by atoms with E-state index in [0.29, 0.717) is 29.3 Å². The SMILES string of the molecule is COC(=O)[C@H](C[C@@H]1CC(C)(C)NC1=O)NC(=O)[C@@H](CC(C)(C)C)c1c(C(N)=O)[nH]c2c(Cl)c(Cl)ccc12. The standard InChI is InChI=1S/C26H34Cl2N4O5/c1-25(2,3)11-14(17-13-7-8-15(27)18(28)19(13)31-20(17)21(29)33)23(35)30-16(24(36)37-6)9-12-10-26(4,5)32-22(12)34/h7-8,12,14,16,31H,9-11H2,1-6H3,(H2,29,33)(H,30,35)(H,32,34)/t12-,14+,16+/m1/s1. The first-order valence-corrected chi connectivity index (χ1v) is 12.8. The molecule has 11 heteroatoms. The summed E-state index contributed by atoms with van der Waals surface area (Å²) in [7, 11) is 1.23. The summed E-state index contributed by atoms with van der Waals surface area (Å²) >= 11 is 12.6. The Morgan fingerprint density at radius 1 is 1.24 bits per heavy atom. The van der Waals surface area contributed by atoms with Crippen molar-refractivity contribution in [1.29, 1.82) is 0 Å². The third kappa shape index (κ3) is 6.38. The lowest BCUT2D eigenvalue weighted by Gasteiger charge is -2.28. The summed E-state index contributed by atoms with van der Waals surface area (Å²) in [5, 5.41) is 6.70. The fraction of sp³-hybridized carbons (Fsp3) is 0.538. The van der Waals surface area contributed by atoms with Crippen LogP contribution in [0.15, 0.2) is 12.1 Å². The number of esters is 1. The van der Waals surface area contributed by atoms with Gasteiger partial charge in [-0.15, -0.1) is 0 Å². The Hall–Kier alpha value is -2.78. The number of nitrogens with one attached hydrogen (secondary N) is 3. The van der Waals surface area contributed by atoms with Crippen LogP contribution < -0.4 is 16.4 Å². The van der Waals surface area contributed by atoms with Gasteiger partial charge in [-0.1, -0.05) is 50.0 Å². The molecule has 1 aromatic heterocycles. The number of aromatic nitrogens is 1. The smallest absolute Gasteiger partial charge is 0.328 e. The van der Waals surface area contributed by atoms with Gasteiger partial charge in [0.15, 0.2) is 0 Å². The van der Waals surface area contributed by atoms with Crippen LogP contribution in [0.3, 0.4) is 0 Å². The average molecular weight is 553 g/mol. The molecule has 1 aromatic carbocycles. The lowest BCUT2D eigenvalue weighted by Crippen LogP contribution is -2.46. The maximum absolute atomic E-state index is 13.9. The summed E-state index contributed by atoms with van der Waals surface area (Å²) < 4.78 is 4.95. The van der Waals surface area contributed by atoms with Gasteiger partial charge in [-0.05, 0) is 44.6 Å². The minimum atomic E-state index is -1.06. The highest BCUT2D eigenvalue weighted by Gasteiger charge is 2.41. The summed E-state index contributed by atoms with van der Waals surface area (Å²) in [5.41, 5.74) is 5.72. The van der Waals surface area contributed by atoms with E-state index in [2.05, 4.69) is 15.6 Å². The van der Waals surface area contributed by atoms with Gasteiger partial charge < -0.3 is 26.1 Å². The van der Waals surface area contributed by atoms with Crippen molar-refractivity contribution in [3.63, 3.8) is 0 Å². The Bertz CT molecular complexity index is 1250. The van der Waals surface area contributed by atoms with Gasteiger partial charge in [0.05, 0.1) is 28.6 Å². The van der Waals surface area contributed by atoms with E-state index >= 15 is 0 Å². The van der Waals surface area contributed by atoms with Gasteiger partial charge in [0.25, 0.3) is 5.91 Å². The summed E-state index contributed by atoms with van der Waals surface area (Å²) in [6.45, 7) is 9.67. The fourth-order valence-electron chi connectivity index (χ4n) is 5.02. The lowest BCUT2D eigenvalue weighted by molar-refractivity contribution is -0.146. The Kier molecular flexibility index (Phi) is 8.19. The van der Waals surface area contributed by atoms with Gasteiger partial charge in [0, 0.05) is 22.4 Å². The molecule has 0 saturated carbocycles. The minimum absolute atomic E-state index is 0.0371. The predicted octanol–water partition coefficient (Wildman–Crippen LogP) is 4.06. The number of carbonyl (C=O) groups is 4. The van der Waals surface area contributed by atoms with Crippen LogP contribution in [0.5, 0.6) is 0 Å². The van der Waals surface area contributed by atoms with Crippen LogP contribution in [-0.4, -0.2) is 47.4 Å². The van der Waals surface area contributed by atoms with E-state index in [1.807, 2.05) is 34.6 Å². The molecule has 1 saturated heterocycles. The number of hydrogen-bond donors (Lipinski definition) is 4. The number of hydrogen-bond acceptors (Lipinski definition) is 5. The Morgan fingerprint density at radius 3 is 2.41 bits per heavy atom. The molecule has 1 fully saturated rings. The van der Waals surface area contributed by atoms with Crippen LogP contribution in [0.4, 0.5) is 0 Å². The summed E-state index contributed by atoms with van der Waals surface area (Å²) in [5.74, 6) is -3.47. The van der Waals surface area contributed by atoms with E-state index in [4.69, 9.17) is 33.7 Å². The van der Waals surface area contributed by atoms with Crippen LogP contribution in [0.1, 0.15) is 75.9 Å². The van der Waals surface area contributed by atoms with Crippen molar-refractivity contribution in [1.82, 2.24) is 15.6 Å². The molecule has 1 aliphatic heterocycles. The van der Waals surface area contributed by atoms with Crippen LogP contribution >= 0.6 is 23.2 Å². The second kappa shape index (κ2) is 10.5. The van der Waals surface area contributed by atoms with Gasteiger partial charge in [0.1, 0.15) is 11.7 Å². The lowest BCUT2D eigenvalue weighted by atomic mass is 9.79. The van der Waals surface area contributed by atoms with Gasteiger partial charge in [-0.25, -0.2) is 4.79 Å². The summed E-state index contributed by atoms with van der Waals surface area (Å²) in [4.78, 5) is 54.4. The van der Waals surface area contributed by atoms with Gasteiger partial charge in [-0.3, -0.25) is 14.4 Å². The Balaban J connectivity index is 2.05. The molecule has 5 N–H and O–H groups in total. The van der Waals surface area contributed by atoms with E-state index in [1.165, 1.54) is 7.11 Å². The molecule has 37 heavy (non-hydrogen) atoms. The normalized spacial score (nSPS) is 18.8. The van der Waals surface area contributed by atoms with Crippen LogP contribution in [0, 0.1) is 11.3 Å². The Morgan fingerprint density at radius 2 is 1.89 bits per heavy atom. The molecule has 1 aliphatic rings. The van der Waals surface area contributed by atoms with Crippen molar-refractivity contribution in [3.05, 3.63) is 33.4 Å². The highest BCUT2D eigenvalue weighted by atomic mass is 35.5. The average Bonchev–Trinajstić information content (AvgIpc) is 3.29. The second-order valence-electron chi connectivity index (χ2n) is 11.5. The van der Waals surface area contributed by atoms with Crippen molar-refractivity contribution in [3.8, 4) is 0 Å². The van der Waals surface area contributed by atoms with E-state index in [-0.39, 0.29) is 33.5 Å². The molecule has 3 atom stereocenters. The molecule has 0 bridgehead atoms. The highest BCUT2D eigenvalue weighted by Crippen LogP contribution is 2.41. The number of fused-ring (bicyclic) bond motifs is 1. The number of amides is 3. The number of aromatic amines is 1. The minimum Gasteiger partial charge on any atom is -0.467 e. The van der Waals surface area contributed by atoms with E-state index in [0.717, 1.165) is 0 Å². The highest BCUT2D eigenvalue weighted by molar-refractivity contribution is 6.45. The molecule has 0 aliphatic carbocycles. The summed E-state index contributed by atoms with van der Waals surface area (Å²) in [6.07, 6.45) is 0.902. The van der Waals surface area contributed by atoms with Crippen molar-refractivity contribution in [2.24, 2.45) is 17.1 Å². The number of ether oxygens (including phenoxy) is 1. The molecule has 2 aromatic rings. The first kappa shape index (κ1) is 28.8. The monoisotopic (exact) mass is 552 g/mol. The second-order valence-corrected chi connectivity index (χ2v) is 12.3. The van der Waals surface area contributed by atoms with E-state index in [1.54, 1.807) is 12.1 Å². The molecule has 3 amide bonds. The van der Waals surface area contributed by atoms with Crippen LogP contribution in [0.2, 0.25) is 10.0 Å². The molecular weight excluding hydrogens is 519 g/mol. The number of rotatable bonds is 8. The topological polar surface area (TPSA) is 143 Å². The van der Waals surface area contributed by atoms with Crippen LogP contribution in [-0.2, 0) is 19.1 Å². The quantitative estimate of drug-likeness (QED) is 0.365. The number of benzene rings is 1. The van der Waals surface area contributed by atoms with Crippen molar-refractivity contribution in [2.75, 3.05) is 7.11 Å². The molecule has 202 valence electrons. The zero-order valence-corrected chi connectivity index (χ0v) is 23.4. The van der Waals surface area contributed by atoms with Crippen LogP contribution in [0.25, 0.3) is 10.9 Å². The number of nitrogens with two attached hydrogens (primary N) is 1. The number of H-pyrrole nitrogens is 1. The number of primary amides is 1. The zero-order valence-electron chi connectivity index (χ0n) is 21.9. The number of carbonyl (C=O) groups excluding carboxylic acids is 4. The molecule has 0 radical (unpaired) electrons. The predicted molar refractivity (Wildman–Crippen MR) is 143 cm³/mol. The maximum Gasteiger partial charge on any atom is 0.328 e. The van der Waals surface area contributed by atoms with Gasteiger partial charge in [-0.2, -0.15) is 0 Å². The van der Waals surface area contributed by atoms with E-state index in [9.17, 15) is 19.2 Å². The van der Waals surface area contributed by atoms with Crippen molar-refractivity contribution in [2.45, 2.75) is 71.4 Å². The van der Waals surface area contributed by atoms with Crippen molar-refractivity contribution >= 4 is 57.8 Å². The Labute approximate surface area is 226 Å². The molecule has 3 rings (SSSR count). The molecular formula is C26H34Cl2N4O5. The third-order valence-corrected chi connectivity index (χ3v) is 7.35. The van der Waals surface area contributed by atoms with Gasteiger partial charge >= 0.3 is 5.97 Å². The first-order valence-electron chi connectivity index (χ1n) is 12.0. The summed E-state index contributed by atoms with van der Waals surface area (Å²) in [6, 6.07) is 2.19. The van der Waals surface area contributed by atoms with E-state index < -0.39 is 41.2 Å². The molecule has 2 heterocycles. The first-order chi connectivity index (χ1) is 17.0. The molecule has 0 unspecified atom stereocenters. The van der Waals surface area contributed by atoms with Crippen molar-refractivity contribution < 1.29 is 23.9 Å². The molecule has 9 nitrogen and oxygen atoms in total.